The van der Waals surface area contributed by atoms with Crippen LogP contribution < -0.4 is 14.8 Å². The Labute approximate surface area is 153 Å². The Hall–Kier alpha value is -2.64. The van der Waals surface area contributed by atoms with Crippen molar-refractivity contribution in [3.63, 3.8) is 0 Å². The molecule has 0 saturated heterocycles. The van der Waals surface area contributed by atoms with Crippen LogP contribution in [0.15, 0.2) is 66.1 Å². The summed E-state index contributed by atoms with van der Waals surface area (Å²) in [6, 6.07) is 12.8. The minimum atomic E-state index is -3.69. The maximum atomic E-state index is 12.4. The number of ether oxygens (including phenoxy) is 1. The molecule has 2 N–H and O–H groups in total. The molecule has 2 rings (SSSR count). The molecule has 0 radical (unpaired) electrons. The second kappa shape index (κ2) is 8.64. The molecule has 0 saturated carbocycles. The van der Waals surface area contributed by atoms with Crippen LogP contribution in [0.25, 0.3) is 0 Å². The van der Waals surface area contributed by atoms with Gasteiger partial charge in [-0.05, 0) is 56.3 Å². The zero-order valence-electron chi connectivity index (χ0n) is 14.7. The summed E-state index contributed by atoms with van der Waals surface area (Å²) in [6.45, 7) is 7.45. The summed E-state index contributed by atoms with van der Waals surface area (Å²) >= 11 is 0. The lowest BCUT2D eigenvalue weighted by atomic mass is 10.2. The number of amides is 1. The number of anilines is 1. The summed E-state index contributed by atoms with van der Waals surface area (Å²) in [5.74, 6) is 0.308. The summed E-state index contributed by atoms with van der Waals surface area (Å²) in [4.78, 5) is 12.4. The van der Waals surface area contributed by atoms with Gasteiger partial charge in [0.15, 0.2) is 0 Å². The van der Waals surface area contributed by atoms with E-state index in [0.717, 1.165) is 0 Å². The Kier molecular flexibility index (Phi) is 6.54. The van der Waals surface area contributed by atoms with E-state index in [1.807, 2.05) is 13.8 Å². The van der Waals surface area contributed by atoms with E-state index in [1.54, 1.807) is 30.3 Å². The van der Waals surface area contributed by atoms with Crippen LogP contribution in [0, 0.1) is 0 Å². The first-order valence-electron chi connectivity index (χ1n) is 8.10. The monoisotopic (exact) mass is 374 g/mol. The molecule has 0 unspecified atom stereocenters. The first-order valence-corrected chi connectivity index (χ1v) is 9.59. The highest BCUT2D eigenvalue weighted by Gasteiger charge is 2.15. The van der Waals surface area contributed by atoms with Gasteiger partial charge < -0.3 is 10.1 Å². The minimum Gasteiger partial charge on any atom is -0.491 e. The fourth-order valence-electron chi connectivity index (χ4n) is 2.15. The van der Waals surface area contributed by atoms with Gasteiger partial charge in [-0.1, -0.05) is 12.1 Å². The zero-order valence-corrected chi connectivity index (χ0v) is 15.5. The summed E-state index contributed by atoms with van der Waals surface area (Å²) in [6.07, 6.45) is 1.51. The smallest absolute Gasteiger partial charge is 0.255 e. The fraction of sp³-hybridized carbons (Fsp3) is 0.211. The quantitative estimate of drug-likeness (QED) is 0.695. The third-order valence-corrected chi connectivity index (χ3v) is 4.73. The van der Waals surface area contributed by atoms with Crippen LogP contribution in [-0.4, -0.2) is 27.0 Å². The number of hydrogen-bond acceptors (Lipinski definition) is 4. The molecule has 2 aromatic rings. The van der Waals surface area contributed by atoms with Crippen LogP contribution in [-0.2, 0) is 10.0 Å². The lowest BCUT2D eigenvalue weighted by molar-refractivity contribution is 0.102. The van der Waals surface area contributed by atoms with E-state index in [2.05, 4.69) is 16.6 Å². The molecule has 2 aromatic carbocycles. The molecule has 7 heteroatoms. The lowest BCUT2D eigenvalue weighted by Crippen LogP contribution is -2.24. The van der Waals surface area contributed by atoms with E-state index in [-0.39, 0.29) is 23.1 Å². The number of carbonyl (C=O) groups is 1. The number of hydrogen-bond donors (Lipinski definition) is 2. The van der Waals surface area contributed by atoms with E-state index < -0.39 is 15.9 Å². The predicted molar refractivity (Wildman–Crippen MR) is 102 cm³/mol. The topological polar surface area (TPSA) is 84.5 Å². The van der Waals surface area contributed by atoms with Crippen molar-refractivity contribution in [2.45, 2.75) is 24.8 Å². The molecule has 0 atom stereocenters. The molecule has 0 fully saturated rings. The number of nitrogens with one attached hydrogen (secondary N) is 2. The summed E-state index contributed by atoms with van der Waals surface area (Å²) < 4.78 is 32.2. The van der Waals surface area contributed by atoms with Crippen molar-refractivity contribution in [1.82, 2.24) is 4.72 Å². The summed E-state index contributed by atoms with van der Waals surface area (Å²) in [5, 5.41) is 2.73. The van der Waals surface area contributed by atoms with Gasteiger partial charge in [0, 0.05) is 17.8 Å². The van der Waals surface area contributed by atoms with E-state index in [9.17, 15) is 13.2 Å². The molecule has 6 nitrogen and oxygen atoms in total. The molecule has 0 aliphatic rings. The van der Waals surface area contributed by atoms with Crippen LogP contribution in [0.4, 0.5) is 5.69 Å². The third kappa shape index (κ3) is 5.44. The molecule has 138 valence electrons. The van der Waals surface area contributed by atoms with Crippen molar-refractivity contribution in [2.24, 2.45) is 0 Å². The molecule has 0 aliphatic carbocycles. The van der Waals surface area contributed by atoms with Crippen molar-refractivity contribution >= 4 is 21.6 Å². The highest BCUT2D eigenvalue weighted by molar-refractivity contribution is 7.89. The van der Waals surface area contributed by atoms with Gasteiger partial charge in [-0.15, -0.1) is 6.58 Å². The van der Waals surface area contributed by atoms with Gasteiger partial charge in [-0.2, -0.15) is 0 Å². The second-order valence-electron chi connectivity index (χ2n) is 5.81. The molecule has 0 heterocycles. The highest BCUT2D eigenvalue weighted by atomic mass is 32.2. The standard InChI is InChI=1S/C19H22N2O4S/c1-4-12-20-26(23,24)18-7-5-6-15(13-18)19(22)21-16-8-10-17(11-9-16)25-14(2)3/h4-11,13-14,20H,1,12H2,2-3H3,(H,21,22). The second-order valence-corrected chi connectivity index (χ2v) is 7.58. The van der Waals surface area contributed by atoms with Gasteiger partial charge in [-0.25, -0.2) is 13.1 Å². The number of benzene rings is 2. The van der Waals surface area contributed by atoms with Gasteiger partial charge in [0.2, 0.25) is 10.0 Å². The third-order valence-electron chi connectivity index (χ3n) is 3.31. The maximum Gasteiger partial charge on any atom is 0.255 e. The molecule has 0 bridgehead atoms. The van der Waals surface area contributed by atoms with Crippen molar-refractivity contribution < 1.29 is 17.9 Å². The molecular weight excluding hydrogens is 352 g/mol. The number of sulfonamides is 1. The van der Waals surface area contributed by atoms with Gasteiger partial charge in [0.25, 0.3) is 5.91 Å². The summed E-state index contributed by atoms with van der Waals surface area (Å²) in [5.41, 5.74) is 0.832. The van der Waals surface area contributed by atoms with Gasteiger partial charge in [0.05, 0.1) is 11.0 Å². The zero-order chi connectivity index (χ0) is 19.2. The molecule has 1 amide bonds. The molecule has 0 spiro atoms. The Morgan fingerprint density at radius 1 is 1.19 bits per heavy atom. The normalized spacial score (nSPS) is 11.2. The largest absolute Gasteiger partial charge is 0.491 e. The van der Waals surface area contributed by atoms with Crippen molar-refractivity contribution in [2.75, 3.05) is 11.9 Å². The average Bonchev–Trinajstić information content (AvgIpc) is 2.61. The van der Waals surface area contributed by atoms with Crippen LogP contribution in [0.2, 0.25) is 0 Å². The number of carbonyl (C=O) groups excluding carboxylic acids is 1. The molecule has 26 heavy (non-hydrogen) atoms. The average molecular weight is 374 g/mol. The van der Waals surface area contributed by atoms with Crippen LogP contribution >= 0.6 is 0 Å². The van der Waals surface area contributed by atoms with E-state index in [4.69, 9.17) is 4.74 Å². The Balaban J connectivity index is 2.12. The van der Waals surface area contributed by atoms with Crippen molar-refractivity contribution in [3.05, 3.63) is 66.7 Å². The Bertz CT molecular complexity index is 875. The predicted octanol–water partition coefficient (Wildman–Crippen LogP) is 3.19. The number of rotatable bonds is 8. The lowest BCUT2D eigenvalue weighted by Gasteiger charge is -2.11. The van der Waals surface area contributed by atoms with Crippen LogP contribution in [0.1, 0.15) is 24.2 Å². The Morgan fingerprint density at radius 3 is 2.50 bits per heavy atom. The first-order chi connectivity index (χ1) is 12.3. The van der Waals surface area contributed by atoms with Crippen LogP contribution in [0.5, 0.6) is 5.75 Å². The van der Waals surface area contributed by atoms with Gasteiger partial charge in [-0.3, -0.25) is 4.79 Å². The molecular formula is C19H22N2O4S. The van der Waals surface area contributed by atoms with E-state index in [0.29, 0.717) is 11.4 Å². The van der Waals surface area contributed by atoms with Crippen LogP contribution in [0.3, 0.4) is 0 Å². The van der Waals surface area contributed by atoms with E-state index >= 15 is 0 Å². The SMILES string of the molecule is C=CCNS(=O)(=O)c1cccc(C(=O)Nc2ccc(OC(C)C)cc2)c1. The minimum absolute atomic E-state index is 0.0210. The Morgan fingerprint density at radius 2 is 1.88 bits per heavy atom. The van der Waals surface area contributed by atoms with Gasteiger partial charge >= 0.3 is 0 Å². The van der Waals surface area contributed by atoms with E-state index in [1.165, 1.54) is 24.3 Å². The summed E-state index contributed by atoms with van der Waals surface area (Å²) in [7, 11) is -3.69. The molecule has 0 aromatic heterocycles. The van der Waals surface area contributed by atoms with Crippen molar-refractivity contribution in [1.29, 1.82) is 0 Å². The maximum absolute atomic E-state index is 12.4. The fourth-order valence-corrected chi connectivity index (χ4v) is 3.19. The highest BCUT2D eigenvalue weighted by Crippen LogP contribution is 2.18. The molecule has 0 aliphatic heterocycles. The first kappa shape index (κ1) is 19.7. The van der Waals surface area contributed by atoms with Gasteiger partial charge in [0.1, 0.15) is 5.75 Å². The van der Waals surface area contributed by atoms with Crippen molar-refractivity contribution in [3.8, 4) is 5.75 Å².